The van der Waals surface area contributed by atoms with E-state index < -0.39 is 16.1 Å². The number of rotatable bonds is 6. The normalized spacial score (nSPS) is 17.2. The van der Waals surface area contributed by atoms with Crippen LogP contribution in [0.1, 0.15) is 39.5 Å². The third-order valence-corrected chi connectivity index (χ3v) is 6.49. The molecule has 1 aliphatic carbocycles. The van der Waals surface area contributed by atoms with Crippen molar-refractivity contribution in [2.45, 2.75) is 56.5 Å². The molecule has 1 aromatic heterocycles. The maximum atomic E-state index is 12.8. The predicted molar refractivity (Wildman–Crippen MR) is 96.8 cm³/mol. The molecular weight excluding hydrogens is 360 g/mol. The van der Waals surface area contributed by atoms with Crippen LogP contribution >= 0.6 is 11.7 Å². The van der Waals surface area contributed by atoms with Crippen molar-refractivity contribution in [1.29, 1.82) is 0 Å². The van der Waals surface area contributed by atoms with Gasteiger partial charge in [0.25, 0.3) is 0 Å². The first-order valence-corrected chi connectivity index (χ1v) is 10.6. The molecule has 1 unspecified atom stereocenters. The summed E-state index contributed by atoms with van der Waals surface area (Å²) in [6, 6.07) is 4.14. The molecule has 1 saturated carbocycles. The lowest BCUT2D eigenvalue weighted by Gasteiger charge is -2.23. The van der Waals surface area contributed by atoms with Gasteiger partial charge in [-0.05, 0) is 30.9 Å². The van der Waals surface area contributed by atoms with Gasteiger partial charge in [0.05, 0.1) is 11.7 Å². The van der Waals surface area contributed by atoms with Crippen LogP contribution in [0.25, 0.3) is 11.0 Å². The topological polar surface area (TPSA) is 101 Å². The number of carbonyl (C=O) groups excluding carboxylic acids is 1. The minimum absolute atomic E-state index is 0.0538. The van der Waals surface area contributed by atoms with Crippen LogP contribution < -0.4 is 10.0 Å². The quantitative estimate of drug-likeness (QED) is 0.796. The molecule has 2 N–H and O–H groups in total. The summed E-state index contributed by atoms with van der Waals surface area (Å²) in [7, 11) is -3.89. The number of fused-ring (bicyclic) bond motifs is 1. The second-order valence-corrected chi connectivity index (χ2v) is 8.93. The Morgan fingerprint density at radius 1 is 1.24 bits per heavy atom. The van der Waals surface area contributed by atoms with Gasteiger partial charge in [0.2, 0.25) is 15.9 Å². The fourth-order valence-electron chi connectivity index (χ4n) is 3.08. The van der Waals surface area contributed by atoms with Gasteiger partial charge in [-0.1, -0.05) is 32.8 Å². The van der Waals surface area contributed by atoms with Crippen molar-refractivity contribution in [3.63, 3.8) is 0 Å². The molecule has 1 atom stereocenters. The third-order valence-electron chi connectivity index (χ3n) is 4.47. The van der Waals surface area contributed by atoms with Crippen LogP contribution in [-0.4, -0.2) is 35.2 Å². The van der Waals surface area contributed by atoms with Crippen LogP contribution in [-0.2, 0) is 14.8 Å². The number of hydrogen-bond donors (Lipinski definition) is 2. The number of nitrogens with one attached hydrogen (secondary N) is 2. The van der Waals surface area contributed by atoms with Crippen molar-refractivity contribution in [2.75, 3.05) is 0 Å². The van der Waals surface area contributed by atoms with E-state index in [0.717, 1.165) is 37.4 Å². The molecule has 0 aliphatic heterocycles. The molecule has 2 aromatic rings. The van der Waals surface area contributed by atoms with Gasteiger partial charge in [-0.15, -0.1) is 0 Å². The summed E-state index contributed by atoms with van der Waals surface area (Å²) < 4.78 is 36.4. The highest BCUT2D eigenvalue weighted by molar-refractivity contribution is 7.89. The molecule has 1 aromatic carbocycles. The highest BCUT2D eigenvalue weighted by atomic mass is 32.2. The first-order valence-electron chi connectivity index (χ1n) is 8.42. The molecule has 0 bridgehead atoms. The average Bonchev–Trinajstić information content (AvgIpc) is 3.22. The van der Waals surface area contributed by atoms with Crippen molar-refractivity contribution < 1.29 is 13.2 Å². The maximum Gasteiger partial charge on any atom is 0.243 e. The summed E-state index contributed by atoms with van der Waals surface area (Å²) in [6.07, 6.45) is 4.10. The van der Waals surface area contributed by atoms with Gasteiger partial charge in [0.1, 0.15) is 22.0 Å². The Hall–Kier alpha value is -1.58. The second kappa shape index (κ2) is 7.35. The first kappa shape index (κ1) is 18.2. The third kappa shape index (κ3) is 3.99. The summed E-state index contributed by atoms with van der Waals surface area (Å²) in [4.78, 5) is 12.7. The van der Waals surface area contributed by atoms with E-state index in [1.165, 1.54) is 6.07 Å². The Bertz CT molecular complexity index is 857. The predicted octanol–water partition coefficient (Wildman–Crippen LogP) is 2.05. The molecule has 1 heterocycles. The highest BCUT2D eigenvalue weighted by Gasteiger charge is 2.31. The molecule has 0 radical (unpaired) electrons. The van der Waals surface area contributed by atoms with E-state index in [9.17, 15) is 13.2 Å². The van der Waals surface area contributed by atoms with E-state index in [-0.39, 0.29) is 22.8 Å². The number of hydrogen-bond acceptors (Lipinski definition) is 6. The van der Waals surface area contributed by atoms with Crippen molar-refractivity contribution in [1.82, 2.24) is 18.8 Å². The minimum atomic E-state index is -3.89. The molecule has 9 heteroatoms. The molecule has 1 fully saturated rings. The van der Waals surface area contributed by atoms with Gasteiger partial charge >= 0.3 is 0 Å². The molecule has 0 spiro atoms. The molecule has 136 valence electrons. The zero-order valence-corrected chi connectivity index (χ0v) is 15.9. The van der Waals surface area contributed by atoms with Crippen LogP contribution in [0.2, 0.25) is 0 Å². The fourth-order valence-corrected chi connectivity index (χ4v) is 5.19. The van der Waals surface area contributed by atoms with Crippen LogP contribution in [0, 0.1) is 5.92 Å². The second-order valence-electron chi connectivity index (χ2n) is 6.72. The van der Waals surface area contributed by atoms with E-state index in [1.807, 2.05) is 13.8 Å². The Morgan fingerprint density at radius 2 is 1.96 bits per heavy atom. The summed E-state index contributed by atoms with van der Waals surface area (Å²) >= 11 is 0.964. The number of carbonyl (C=O) groups is 1. The highest BCUT2D eigenvalue weighted by Crippen LogP contribution is 2.22. The summed E-state index contributed by atoms with van der Waals surface area (Å²) in [6.45, 7) is 3.65. The monoisotopic (exact) mass is 382 g/mol. The molecule has 25 heavy (non-hydrogen) atoms. The van der Waals surface area contributed by atoms with Crippen LogP contribution in [0.15, 0.2) is 23.1 Å². The van der Waals surface area contributed by atoms with E-state index in [4.69, 9.17) is 0 Å². The van der Waals surface area contributed by atoms with Gasteiger partial charge in [-0.25, -0.2) is 8.42 Å². The molecule has 0 saturated heterocycles. The number of sulfonamides is 1. The summed E-state index contributed by atoms with van der Waals surface area (Å²) in [5.41, 5.74) is 0.864. The largest absolute Gasteiger partial charge is 0.352 e. The van der Waals surface area contributed by atoms with Crippen molar-refractivity contribution >= 4 is 38.7 Å². The van der Waals surface area contributed by atoms with Gasteiger partial charge in [0.15, 0.2) is 0 Å². The van der Waals surface area contributed by atoms with Crippen molar-refractivity contribution in [2.24, 2.45) is 5.92 Å². The van der Waals surface area contributed by atoms with Crippen LogP contribution in [0.3, 0.4) is 0 Å². The zero-order chi connectivity index (χ0) is 18.0. The van der Waals surface area contributed by atoms with E-state index in [2.05, 4.69) is 18.8 Å². The van der Waals surface area contributed by atoms with E-state index in [1.54, 1.807) is 12.1 Å². The summed E-state index contributed by atoms with van der Waals surface area (Å²) in [5, 5.41) is 2.97. The molecular formula is C16H22N4O3S2. The van der Waals surface area contributed by atoms with Crippen molar-refractivity contribution in [3.05, 3.63) is 18.2 Å². The van der Waals surface area contributed by atoms with E-state index in [0.29, 0.717) is 11.0 Å². The van der Waals surface area contributed by atoms with Gasteiger partial charge in [0, 0.05) is 6.04 Å². The van der Waals surface area contributed by atoms with Gasteiger partial charge in [-0.3, -0.25) is 4.79 Å². The minimum Gasteiger partial charge on any atom is -0.352 e. The smallest absolute Gasteiger partial charge is 0.243 e. The first-order chi connectivity index (χ1) is 11.9. The maximum absolute atomic E-state index is 12.8. The molecule has 1 aliphatic rings. The Balaban J connectivity index is 1.83. The number of amides is 1. The SMILES string of the molecule is CC(C)C(NS(=O)(=O)c1cccc2nsnc12)C(=O)NC1CCCC1. The Labute approximate surface area is 151 Å². The Kier molecular flexibility index (Phi) is 5.35. The summed E-state index contributed by atoms with van der Waals surface area (Å²) in [5.74, 6) is -0.446. The number of aromatic nitrogens is 2. The van der Waals surface area contributed by atoms with Gasteiger partial charge < -0.3 is 5.32 Å². The average molecular weight is 383 g/mol. The molecule has 1 amide bonds. The lowest BCUT2D eigenvalue weighted by atomic mass is 10.0. The standard InChI is InChI=1S/C16H22N4O3S2/c1-10(2)14(16(21)17-11-6-3-4-7-11)20-25(22,23)13-9-5-8-12-15(13)19-24-18-12/h5,8-11,14,20H,3-4,6-7H2,1-2H3,(H,17,21). The van der Waals surface area contributed by atoms with E-state index >= 15 is 0 Å². The van der Waals surface area contributed by atoms with Crippen molar-refractivity contribution in [3.8, 4) is 0 Å². The van der Waals surface area contributed by atoms with Crippen LogP contribution in [0.5, 0.6) is 0 Å². The number of benzene rings is 1. The zero-order valence-electron chi connectivity index (χ0n) is 14.2. The van der Waals surface area contributed by atoms with Gasteiger partial charge in [-0.2, -0.15) is 13.5 Å². The number of nitrogens with zero attached hydrogens (tertiary/aromatic N) is 2. The van der Waals surface area contributed by atoms with Crippen LogP contribution in [0.4, 0.5) is 0 Å². The molecule has 3 rings (SSSR count). The lowest BCUT2D eigenvalue weighted by Crippen LogP contribution is -2.51. The molecule has 7 nitrogen and oxygen atoms in total. The lowest BCUT2D eigenvalue weighted by molar-refractivity contribution is -0.124. The Morgan fingerprint density at radius 3 is 2.64 bits per heavy atom. The fraction of sp³-hybridized carbons (Fsp3) is 0.562.